The van der Waals surface area contributed by atoms with Crippen LogP contribution in [0.5, 0.6) is 11.6 Å². The van der Waals surface area contributed by atoms with Crippen LogP contribution in [0.3, 0.4) is 0 Å². The monoisotopic (exact) mass is 590 g/mol. The third-order valence-corrected chi connectivity index (χ3v) is 7.78. The number of carbonyl (C=O) groups is 1. The minimum absolute atomic E-state index is 0. The number of pyridine rings is 3. The van der Waals surface area contributed by atoms with Gasteiger partial charge >= 0.3 is 0 Å². The first-order valence-electron chi connectivity index (χ1n) is 13.6. The van der Waals surface area contributed by atoms with Crippen molar-refractivity contribution in [2.24, 2.45) is 0 Å². The number of ether oxygens (including phenoxy) is 2. The Bertz CT molecular complexity index is 1650. The molecule has 3 aromatic heterocycles. The summed E-state index contributed by atoms with van der Waals surface area (Å²) in [4.78, 5) is 28.4. The number of carbonyl (C=O) groups excluding carboxylic acids is 1. The lowest BCUT2D eigenvalue weighted by Gasteiger charge is -2.34. The SMILES string of the molecule is CC(C)Oc1ccc(-c2ccc(C(=O)NS(=O)(=O)c3cccc(N)n3)c(N3CCC(Oc4ccccc4)CC3)n2)cn1.[HH]. The van der Waals surface area contributed by atoms with Crippen molar-refractivity contribution < 1.29 is 24.1 Å². The Morgan fingerprint density at radius 2 is 1.76 bits per heavy atom. The van der Waals surface area contributed by atoms with Gasteiger partial charge in [-0.3, -0.25) is 4.79 Å². The number of sulfonamides is 1. The summed E-state index contributed by atoms with van der Waals surface area (Å²) in [7, 11) is -4.28. The highest BCUT2D eigenvalue weighted by atomic mass is 32.2. The summed E-state index contributed by atoms with van der Waals surface area (Å²) in [6, 6.07) is 20.6. The molecule has 1 aliphatic heterocycles. The van der Waals surface area contributed by atoms with Gasteiger partial charge in [0.05, 0.1) is 17.4 Å². The molecular formula is C30H34N6O5S. The summed E-state index contributed by atoms with van der Waals surface area (Å²) in [6.45, 7) is 4.95. The number of nitrogens with two attached hydrogens (primary N) is 1. The molecule has 0 unspecified atom stereocenters. The maximum atomic E-state index is 13.4. The zero-order chi connectivity index (χ0) is 29.7. The van der Waals surface area contributed by atoms with E-state index < -0.39 is 15.9 Å². The van der Waals surface area contributed by atoms with Crippen molar-refractivity contribution >= 4 is 27.6 Å². The molecule has 0 aliphatic carbocycles. The van der Waals surface area contributed by atoms with Gasteiger partial charge in [0.2, 0.25) is 5.88 Å². The van der Waals surface area contributed by atoms with Crippen molar-refractivity contribution in [1.82, 2.24) is 19.7 Å². The van der Waals surface area contributed by atoms with Crippen LogP contribution in [-0.4, -0.2) is 54.6 Å². The molecular weight excluding hydrogens is 556 g/mol. The van der Waals surface area contributed by atoms with Gasteiger partial charge in [0, 0.05) is 45.2 Å². The Balaban J connectivity index is 0.00000423. The van der Waals surface area contributed by atoms with Crippen molar-refractivity contribution in [2.45, 2.75) is 43.9 Å². The normalized spacial score (nSPS) is 14.0. The molecule has 1 saturated heterocycles. The van der Waals surface area contributed by atoms with Crippen LogP contribution >= 0.6 is 0 Å². The minimum atomic E-state index is -4.28. The van der Waals surface area contributed by atoms with E-state index in [9.17, 15) is 13.2 Å². The molecule has 0 spiro atoms. The Hall–Kier alpha value is -4.71. The lowest BCUT2D eigenvalue weighted by Crippen LogP contribution is -2.40. The topological polar surface area (TPSA) is 150 Å². The van der Waals surface area contributed by atoms with Gasteiger partial charge in [-0.15, -0.1) is 0 Å². The Kier molecular flexibility index (Phi) is 8.53. The average Bonchev–Trinajstić information content (AvgIpc) is 2.98. The van der Waals surface area contributed by atoms with Crippen molar-refractivity contribution in [3.05, 3.63) is 84.6 Å². The second kappa shape index (κ2) is 12.4. The van der Waals surface area contributed by atoms with E-state index in [1.807, 2.05) is 55.1 Å². The van der Waals surface area contributed by atoms with Gasteiger partial charge in [-0.25, -0.2) is 19.7 Å². The summed E-state index contributed by atoms with van der Waals surface area (Å²) < 4.78 is 39.8. The number of nitrogen functional groups attached to an aromatic ring is 1. The first-order valence-corrected chi connectivity index (χ1v) is 15.1. The number of hydrogen-bond acceptors (Lipinski definition) is 10. The maximum Gasteiger partial charge on any atom is 0.281 e. The first-order chi connectivity index (χ1) is 20.2. The Morgan fingerprint density at radius 3 is 2.43 bits per heavy atom. The zero-order valence-corrected chi connectivity index (χ0v) is 24.1. The number of aromatic nitrogens is 3. The van der Waals surface area contributed by atoms with Crippen molar-refractivity contribution in [3.8, 4) is 22.9 Å². The lowest BCUT2D eigenvalue weighted by molar-refractivity contribution is 0.0981. The van der Waals surface area contributed by atoms with Gasteiger partial charge < -0.3 is 20.1 Å². The lowest BCUT2D eigenvalue weighted by atomic mass is 10.1. The minimum Gasteiger partial charge on any atom is -0.490 e. The highest BCUT2D eigenvalue weighted by molar-refractivity contribution is 7.90. The largest absolute Gasteiger partial charge is 0.490 e. The summed E-state index contributed by atoms with van der Waals surface area (Å²) in [5.74, 6) is 0.854. The number of para-hydroxylation sites is 1. The van der Waals surface area contributed by atoms with Crippen LogP contribution < -0.4 is 24.8 Å². The molecule has 3 N–H and O–H groups in total. The standard InChI is InChI=1S/C30H32N6O5S.H2/c1-20(2)40-27-14-11-21(19-32-27)25-13-12-24(30(37)35-42(38,39)28-10-6-9-26(31)34-28)29(33-25)36-17-15-23(16-18-36)41-22-7-4-3-5-8-22;/h3-14,19-20,23H,15-18H2,1-2H3,(H2,31,34)(H,35,37);1H. The van der Waals surface area contributed by atoms with E-state index in [4.69, 9.17) is 20.2 Å². The van der Waals surface area contributed by atoms with Gasteiger partial charge in [-0.05, 0) is 56.3 Å². The van der Waals surface area contributed by atoms with E-state index >= 15 is 0 Å². The number of nitrogens with one attached hydrogen (secondary N) is 1. The number of benzene rings is 1. The predicted octanol–water partition coefficient (Wildman–Crippen LogP) is 4.32. The third-order valence-electron chi connectivity index (χ3n) is 6.54. The third kappa shape index (κ3) is 6.95. The quantitative estimate of drug-likeness (QED) is 0.289. The van der Waals surface area contributed by atoms with Crippen LogP contribution in [0, 0.1) is 0 Å². The number of hydrogen-bond donors (Lipinski definition) is 2. The molecule has 1 aliphatic rings. The van der Waals surface area contributed by atoms with Gasteiger partial charge in [0.25, 0.3) is 15.9 Å². The number of amides is 1. The van der Waals surface area contributed by atoms with Crippen LogP contribution in [0.25, 0.3) is 11.3 Å². The van der Waals surface area contributed by atoms with Gasteiger partial charge in [-0.1, -0.05) is 24.3 Å². The second-order valence-electron chi connectivity index (χ2n) is 10.1. The molecule has 0 radical (unpaired) electrons. The van der Waals surface area contributed by atoms with Crippen LogP contribution in [0.4, 0.5) is 11.6 Å². The molecule has 4 heterocycles. The molecule has 42 heavy (non-hydrogen) atoms. The molecule has 12 heteroatoms. The van der Waals surface area contributed by atoms with E-state index in [1.165, 1.54) is 18.2 Å². The predicted molar refractivity (Wildman–Crippen MR) is 161 cm³/mol. The smallest absolute Gasteiger partial charge is 0.281 e. The highest BCUT2D eigenvalue weighted by Gasteiger charge is 2.28. The van der Waals surface area contributed by atoms with Crippen LogP contribution in [-0.2, 0) is 10.0 Å². The average molecular weight is 591 g/mol. The van der Waals surface area contributed by atoms with E-state index in [1.54, 1.807) is 24.4 Å². The molecule has 0 atom stereocenters. The molecule has 1 aromatic carbocycles. The van der Waals surface area contributed by atoms with Crippen LogP contribution in [0.1, 0.15) is 38.5 Å². The maximum absolute atomic E-state index is 13.4. The molecule has 0 saturated carbocycles. The van der Waals surface area contributed by atoms with E-state index in [0.717, 1.165) is 11.3 Å². The molecule has 220 valence electrons. The van der Waals surface area contributed by atoms with Crippen molar-refractivity contribution in [1.29, 1.82) is 0 Å². The zero-order valence-electron chi connectivity index (χ0n) is 23.3. The highest BCUT2D eigenvalue weighted by Crippen LogP contribution is 2.29. The van der Waals surface area contributed by atoms with Gasteiger partial charge in [0.15, 0.2) is 5.03 Å². The number of rotatable bonds is 9. The summed E-state index contributed by atoms with van der Waals surface area (Å²) >= 11 is 0. The van der Waals surface area contributed by atoms with Crippen molar-refractivity contribution in [3.63, 3.8) is 0 Å². The Morgan fingerprint density at radius 1 is 1.00 bits per heavy atom. The second-order valence-corrected chi connectivity index (χ2v) is 11.7. The van der Waals surface area contributed by atoms with E-state index in [0.29, 0.717) is 43.3 Å². The first kappa shape index (κ1) is 28.8. The van der Waals surface area contributed by atoms with Crippen LogP contribution in [0.2, 0.25) is 0 Å². The number of nitrogens with zero attached hydrogens (tertiary/aromatic N) is 4. The fourth-order valence-corrected chi connectivity index (χ4v) is 5.50. The number of piperidine rings is 1. The number of anilines is 2. The van der Waals surface area contributed by atoms with E-state index in [-0.39, 0.29) is 30.0 Å². The summed E-state index contributed by atoms with van der Waals surface area (Å²) in [5.41, 5.74) is 7.07. The molecule has 5 rings (SSSR count). The molecule has 0 bridgehead atoms. The molecule has 4 aromatic rings. The van der Waals surface area contributed by atoms with E-state index in [2.05, 4.69) is 14.7 Å². The molecule has 1 amide bonds. The van der Waals surface area contributed by atoms with Crippen LogP contribution in [0.15, 0.2) is 84.0 Å². The fourth-order valence-electron chi connectivity index (χ4n) is 4.56. The summed E-state index contributed by atoms with van der Waals surface area (Å²) in [5, 5.41) is -0.351. The van der Waals surface area contributed by atoms with Gasteiger partial charge in [-0.2, -0.15) is 8.42 Å². The van der Waals surface area contributed by atoms with Gasteiger partial charge in [0.1, 0.15) is 23.5 Å². The molecule has 1 fully saturated rings. The fraction of sp³-hybridized carbons (Fsp3) is 0.267. The summed E-state index contributed by atoms with van der Waals surface area (Å²) in [6.07, 6.45) is 3.02. The van der Waals surface area contributed by atoms with Crippen molar-refractivity contribution in [2.75, 3.05) is 23.7 Å². The molecule has 11 nitrogen and oxygen atoms in total. The Labute approximate surface area is 246 Å².